The molecule has 2 fully saturated rings. The van der Waals surface area contributed by atoms with Gasteiger partial charge in [0.15, 0.2) is 5.79 Å². The lowest BCUT2D eigenvalue weighted by atomic mass is 10.2. The average Bonchev–Trinajstić information content (AvgIpc) is 2.90. The minimum Gasteiger partial charge on any atom is -0.383 e. The Bertz CT molecular complexity index is 279. The molecule has 17 heavy (non-hydrogen) atoms. The number of rotatable bonds is 3. The molecule has 6 nitrogen and oxygen atoms in total. The van der Waals surface area contributed by atoms with Crippen molar-refractivity contribution in [1.29, 1.82) is 0 Å². The highest BCUT2D eigenvalue weighted by molar-refractivity contribution is 5.74. The second-order valence-corrected chi connectivity index (χ2v) is 4.59. The standard InChI is InChI=1S/C11H20N2O4/c1-9(7-15-2)12-10(14)13-4-3-11(8-13)16-5-6-17-11/h9H,3-8H2,1-2H3,(H,12,14). The van der Waals surface area contributed by atoms with Gasteiger partial charge >= 0.3 is 6.03 Å². The van der Waals surface area contributed by atoms with E-state index in [4.69, 9.17) is 14.2 Å². The second-order valence-electron chi connectivity index (χ2n) is 4.59. The van der Waals surface area contributed by atoms with Gasteiger partial charge < -0.3 is 24.4 Å². The summed E-state index contributed by atoms with van der Waals surface area (Å²) in [5.41, 5.74) is 0. The maximum atomic E-state index is 11.9. The normalized spacial score (nSPS) is 24.2. The predicted molar refractivity (Wildman–Crippen MR) is 60.7 cm³/mol. The Balaban J connectivity index is 1.81. The molecule has 0 saturated carbocycles. The van der Waals surface area contributed by atoms with Gasteiger partial charge in [0.25, 0.3) is 0 Å². The van der Waals surface area contributed by atoms with Gasteiger partial charge in [0.2, 0.25) is 0 Å². The van der Waals surface area contributed by atoms with Crippen molar-refractivity contribution in [2.45, 2.75) is 25.2 Å². The molecule has 0 aromatic rings. The van der Waals surface area contributed by atoms with Crippen LogP contribution in [0.4, 0.5) is 4.79 Å². The van der Waals surface area contributed by atoms with E-state index in [2.05, 4.69) is 5.32 Å². The van der Waals surface area contributed by atoms with E-state index in [0.29, 0.717) is 32.9 Å². The molecule has 0 bridgehead atoms. The molecule has 0 aliphatic carbocycles. The van der Waals surface area contributed by atoms with Crippen molar-refractivity contribution in [2.75, 3.05) is 40.0 Å². The largest absolute Gasteiger partial charge is 0.383 e. The fourth-order valence-corrected chi connectivity index (χ4v) is 2.25. The number of urea groups is 1. The van der Waals surface area contributed by atoms with Crippen molar-refractivity contribution >= 4 is 6.03 Å². The lowest BCUT2D eigenvalue weighted by Crippen LogP contribution is -2.46. The lowest BCUT2D eigenvalue weighted by molar-refractivity contribution is -0.143. The van der Waals surface area contributed by atoms with E-state index in [1.165, 1.54) is 0 Å². The second kappa shape index (κ2) is 5.20. The molecule has 0 aromatic carbocycles. The maximum absolute atomic E-state index is 11.9. The van der Waals surface area contributed by atoms with E-state index < -0.39 is 5.79 Å². The van der Waals surface area contributed by atoms with Crippen LogP contribution in [0.2, 0.25) is 0 Å². The van der Waals surface area contributed by atoms with Crippen molar-refractivity contribution in [1.82, 2.24) is 10.2 Å². The lowest BCUT2D eigenvalue weighted by Gasteiger charge is -2.23. The zero-order chi connectivity index (χ0) is 12.3. The Morgan fingerprint density at radius 3 is 2.88 bits per heavy atom. The van der Waals surface area contributed by atoms with Crippen molar-refractivity contribution in [3.8, 4) is 0 Å². The van der Waals surface area contributed by atoms with Crippen LogP contribution in [0.25, 0.3) is 0 Å². The van der Waals surface area contributed by atoms with E-state index in [1.54, 1.807) is 12.0 Å². The molecular formula is C11H20N2O4. The predicted octanol–water partition coefficient (Wildman–Crippen LogP) is 0.180. The number of nitrogens with one attached hydrogen (secondary N) is 1. The highest BCUT2D eigenvalue weighted by Crippen LogP contribution is 2.30. The fraction of sp³-hybridized carbons (Fsp3) is 0.909. The number of carbonyl (C=O) groups excluding carboxylic acids is 1. The Labute approximate surface area is 101 Å². The molecule has 2 rings (SSSR count). The van der Waals surface area contributed by atoms with E-state index >= 15 is 0 Å². The van der Waals surface area contributed by atoms with Gasteiger partial charge in [-0.2, -0.15) is 0 Å². The molecule has 2 saturated heterocycles. The molecule has 2 amide bonds. The summed E-state index contributed by atoms with van der Waals surface area (Å²) in [4.78, 5) is 13.7. The zero-order valence-corrected chi connectivity index (χ0v) is 10.4. The quantitative estimate of drug-likeness (QED) is 0.769. The fourth-order valence-electron chi connectivity index (χ4n) is 2.25. The summed E-state index contributed by atoms with van der Waals surface area (Å²) in [6.07, 6.45) is 0.749. The molecule has 98 valence electrons. The summed E-state index contributed by atoms with van der Waals surface area (Å²) >= 11 is 0. The van der Waals surface area contributed by atoms with Crippen LogP contribution < -0.4 is 5.32 Å². The molecule has 2 aliphatic heterocycles. The molecule has 0 aromatic heterocycles. The van der Waals surface area contributed by atoms with Gasteiger partial charge in [-0.25, -0.2) is 4.79 Å². The van der Waals surface area contributed by atoms with Gasteiger partial charge in [0.1, 0.15) is 0 Å². The summed E-state index contributed by atoms with van der Waals surface area (Å²) < 4.78 is 16.1. The van der Waals surface area contributed by atoms with Crippen LogP contribution in [0.15, 0.2) is 0 Å². The zero-order valence-electron chi connectivity index (χ0n) is 10.4. The molecule has 1 N–H and O–H groups in total. The van der Waals surface area contributed by atoms with E-state index in [1.807, 2.05) is 6.92 Å². The Morgan fingerprint density at radius 2 is 2.24 bits per heavy atom. The Hall–Kier alpha value is -0.850. The first kappa shape index (κ1) is 12.6. The van der Waals surface area contributed by atoms with Gasteiger partial charge in [-0.3, -0.25) is 0 Å². The van der Waals surface area contributed by atoms with Crippen LogP contribution in [0.5, 0.6) is 0 Å². The van der Waals surface area contributed by atoms with Gasteiger partial charge in [0.05, 0.1) is 32.4 Å². The average molecular weight is 244 g/mol. The molecule has 2 heterocycles. The Morgan fingerprint density at radius 1 is 1.53 bits per heavy atom. The van der Waals surface area contributed by atoms with Gasteiger partial charge in [-0.15, -0.1) is 0 Å². The summed E-state index contributed by atoms with van der Waals surface area (Å²) in [5.74, 6) is -0.540. The van der Waals surface area contributed by atoms with Crippen LogP contribution in [-0.2, 0) is 14.2 Å². The number of methoxy groups -OCH3 is 1. The third-order valence-electron chi connectivity index (χ3n) is 3.08. The van der Waals surface area contributed by atoms with E-state index in [0.717, 1.165) is 6.42 Å². The summed E-state index contributed by atoms with van der Waals surface area (Å²) in [6, 6.07) is -0.0695. The summed E-state index contributed by atoms with van der Waals surface area (Å²) in [7, 11) is 1.62. The number of carbonyl (C=O) groups is 1. The van der Waals surface area contributed by atoms with Crippen molar-refractivity contribution in [3.63, 3.8) is 0 Å². The smallest absolute Gasteiger partial charge is 0.317 e. The third-order valence-corrected chi connectivity index (χ3v) is 3.08. The van der Waals surface area contributed by atoms with Crippen LogP contribution in [-0.4, -0.2) is 62.8 Å². The van der Waals surface area contributed by atoms with Crippen molar-refractivity contribution in [2.24, 2.45) is 0 Å². The van der Waals surface area contributed by atoms with Crippen LogP contribution >= 0.6 is 0 Å². The van der Waals surface area contributed by atoms with E-state index in [9.17, 15) is 4.79 Å². The minimum atomic E-state index is -0.540. The van der Waals surface area contributed by atoms with E-state index in [-0.39, 0.29) is 12.1 Å². The van der Waals surface area contributed by atoms with Crippen LogP contribution in [0.3, 0.4) is 0 Å². The molecule has 0 radical (unpaired) electrons. The van der Waals surface area contributed by atoms with Gasteiger partial charge in [0, 0.05) is 20.1 Å². The Kier molecular flexibility index (Phi) is 3.86. The number of hydrogen-bond donors (Lipinski definition) is 1. The number of hydrogen-bond acceptors (Lipinski definition) is 4. The van der Waals surface area contributed by atoms with Gasteiger partial charge in [-0.05, 0) is 6.92 Å². The topological polar surface area (TPSA) is 60.0 Å². The molecule has 1 spiro atoms. The number of nitrogens with zero attached hydrogens (tertiary/aromatic N) is 1. The highest BCUT2D eigenvalue weighted by Gasteiger charge is 2.44. The van der Waals surface area contributed by atoms with Gasteiger partial charge in [-0.1, -0.05) is 0 Å². The number of amides is 2. The van der Waals surface area contributed by atoms with Crippen molar-refractivity contribution < 1.29 is 19.0 Å². The molecule has 2 aliphatic rings. The first-order valence-electron chi connectivity index (χ1n) is 5.97. The molecular weight excluding hydrogens is 224 g/mol. The molecule has 6 heteroatoms. The number of ether oxygens (including phenoxy) is 3. The summed E-state index contributed by atoms with van der Waals surface area (Å²) in [5, 5.41) is 2.88. The van der Waals surface area contributed by atoms with Crippen LogP contribution in [0, 0.1) is 0 Å². The summed E-state index contributed by atoms with van der Waals surface area (Å²) in [6.45, 7) is 4.85. The highest BCUT2D eigenvalue weighted by atomic mass is 16.7. The monoisotopic (exact) mass is 244 g/mol. The minimum absolute atomic E-state index is 0.00876. The SMILES string of the molecule is COCC(C)NC(=O)N1CCC2(C1)OCCO2. The first-order chi connectivity index (χ1) is 8.15. The maximum Gasteiger partial charge on any atom is 0.317 e. The third kappa shape index (κ3) is 2.88. The molecule has 1 unspecified atom stereocenters. The van der Waals surface area contributed by atoms with Crippen molar-refractivity contribution in [3.05, 3.63) is 0 Å². The molecule has 1 atom stereocenters. The number of likely N-dealkylation sites (tertiary alicyclic amines) is 1. The van der Waals surface area contributed by atoms with Crippen LogP contribution in [0.1, 0.15) is 13.3 Å². The first-order valence-corrected chi connectivity index (χ1v) is 5.97.